The van der Waals surface area contributed by atoms with Crippen molar-refractivity contribution >= 4 is 5.78 Å². The minimum Gasteiger partial charge on any atom is -0.297 e. The van der Waals surface area contributed by atoms with Crippen LogP contribution < -0.4 is 0 Å². The van der Waals surface area contributed by atoms with Crippen LogP contribution in [0.5, 0.6) is 0 Å². The minimum atomic E-state index is 0.141. The van der Waals surface area contributed by atoms with Gasteiger partial charge in [-0.15, -0.1) is 0 Å². The second-order valence-electron chi connectivity index (χ2n) is 3.50. The number of hydrogen-bond acceptors (Lipinski definition) is 2. The Morgan fingerprint density at radius 1 is 1.67 bits per heavy atom. The predicted octanol–water partition coefficient (Wildman–Crippen LogP) is 1.62. The molecule has 0 N–H and O–H groups in total. The molecular weight excluding hydrogens is 150 g/mol. The Bertz CT molecular complexity index is 186. The summed E-state index contributed by atoms with van der Waals surface area (Å²) in [4.78, 5) is 13.0. The SMILES string of the molecule is CC(=O)/C=C/CN1CCC[C@@H]1C. The van der Waals surface area contributed by atoms with E-state index in [0.717, 1.165) is 6.54 Å². The average molecular weight is 167 g/mol. The molecule has 0 spiro atoms. The van der Waals surface area contributed by atoms with E-state index < -0.39 is 0 Å². The molecule has 1 aliphatic rings. The first-order chi connectivity index (χ1) is 5.70. The number of nitrogens with zero attached hydrogens (tertiary/aromatic N) is 1. The Morgan fingerprint density at radius 3 is 2.92 bits per heavy atom. The van der Waals surface area contributed by atoms with Crippen molar-refractivity contribution in [2.45, 2.75) is 32.7 Å². The summed E-state index contributed by atoms with van der Waals surface area (Å²) in [6.07, 6.45) is 6.22. The fourth-order valence-corrected chi connectivity index (χ4v) is 1.62. The summed E-state index contributed by atoms with van der Waals surface area (Å²) in [5, 5.41) is 0. The fraction of sp³-hybridized carbons (Fsp3) is 0.700. The van der Waals surface area contributed by atoms with Gasteiger partial charge in [0.15, 0.2) is 5.78 Å². The first kappa shape index (κ1) is 9.46. The van der Waals surface area contributed by atoms with Crippen molar-refractivity contribution in [1.29, 1.82) is 0 Å². The topological polar surface area (TPSA) is 20.3 Å². The summed E-state index contributed by atoms with van der Waals surface area (Å²) in [7, 11) is 0. The van der Waals surface area contributed by atoms with Crippen molar-refractivity contribution in [1.82, 2.24) is 4.90 Å². The van der Waals surface area contributed by atoms with Gasteiger partial charge in [-0.1, -0.05) is 6.08 Å². The molecule has 1 heterocycles. The predicted molar refractivity (Wildman–Crippen MR) is 50.1 cm³/mol. The summed E-state index contributed by atoms with van der Waals surface area (Å²) in [5.41, 5.74) is 0. The maximum absolute atomic E-state index is 10.6. The van der Waals surface area contributed by atoms with Crippen molar-refractivity contribution in [3.8, 4) is 0 Å². The maximum atomic E-state index is 10.6. The van der Waals surface area contributed by atoms with Crippen molar-refractivity contribution in [2.75, 3.05) is 13.1 Å². The van der Waals surface area contributed by atoms with Crippen LogP contribution in [0.1, 0.15) is 26.7 Å². The van der Waals surface area contributed by atoms with Crippen molar-refractivity contribution in [3.63, 3.8) is 0 Å². The van der Waals surface area contributed by atoms with E-state index in [0.29, 0.717) is 6.04 Å². The van der Waals surface area contributed by atoms with Gasteiger partial charge in [0.25, 0.3) is 0 Å². The zero-order valence-corrected chi connectivity index (χ0v) is 7.92. The lowest BCUT2D eigenvalue weighted by Gasteiger charge is -2.18. The van der Waals surface area contributed by atoms with Crippen LogP contribution in [0.25, 0.3) is 0 Å². The number of rotatable bonds is 3. The molecule has 0 amide bonds. The first-order valence-corrected chi connectivity index (χ1v) is 4.61. The van der Waals surface area contributed by atoms with Crippen LogP contribution in [0.4, 0.5) is 0 Å². The number of carbonyl (C=O) groups is 1. The lowest BCUT2D eigenvalue weighted by molar-refractivity contribution is -0.112. The van der Waals surface area contributed by atoms with Gasteiger partial charge in [0.05, 0.1) is 0 Å². The standard InChI is InChI=1S/C10H17NO/c1-9-5-3-7-11(9)8-4-6-10(2)12/h4,6,9H,3,5,7-8H2,1-2H3/b6-4+/t9-/m0/s1. The number of allylic oxidation sites excluding steroid dienone is 1. The van der Waals surface area contributed by atoms with Crippen molar-refractivity contribution in [3.05, 3.63) is 12.2 Å². The zero-order chi connectivity index (χ0) is 8.97. The molecule has 0 aromatic carbocycles. The summed E-state index contributed by atoms with van der Waals surface area (Å²) < 4.78 is 0. The third-order valence-electron chi connectivity index (χ3n) is 2.38. The van der Waals surface area contributed by atoms with Crippen LogP contribution in [-0.2, 0) is 4.79 Å². The molecular formula is C10H17NO. The summed E-state index contributed by atoms with van der Waals surface area (Å²) in [5.74, 6) is 0.141. The number of ketones is 1. The van der Waals surface area contributed by atoms with Gasteiger partial charge in [0, 0.05) is 12.6 Å². The van der Waals surface area contributed by atoms with Crippen LogP contribution in [0.3, 0.4) is 0 Å². The molecule has 2 heteroatoms. The van der Waals surface area contributed by atoms with Crippen LogP contribution in [-0.4, -0.2) is 29.8 Å². The number of likely N-dealkylation sites (tertiary alicyclic amines) is 1. The van der Waals surface area contributed by atoms with Gasteiger partial charge in [-0.05, 0) is 39.3 Å². The zero-order valence-electron chi connectivity index (χ0n) is 7.92. The fourth-order valence-electron chi connectivity index (χ4n) is 1.62. The summed E-state index contributed by atoms with van der Waals surface area (Å²) >= 11 is 0. The Balaban J connectivity index is 2.26. The van der Waals surface area contributed by atoms with E-state index in [-0.39, 0.29) is 5.78 Å². The normalized spacial score (nSPS) is 25.3. The third-order valence-corrected chi connectivity index (χ3v) is 2.38. The number of carbonyl (C=O) groups excluding carboxylic acids is 1. The second-order valence-corrected chi connectivity index (χ2v) is 3.50. The highest BCUT2D eigenvalue weighted by Crippen LogP contribution is 2.15. The minimum absolute atomic E-state index is 0.141. The van der Waals surface area contributed by atoms with Gasteiger partial charge < -0.3 is 0 Å². The Hall–Kier alpha value is -0.630. The average Bonchev–Trinajstić information content (AvgIpc) is 2.36. The van der Waals surface area contributed by atoms with Gasteiger partial charge >= 0.3 is 0 Å². The van der Waals surface area contributed by atoms with E-state index in [1.54, 1.807) is 13.0 Å². The molecule has 1 saturated heterocycles. The van der Waals surface area contributed by atoms with Crippen molar-refractivity contribution < 1.29 is 4.79 Å². The van der Waals surface area contributed by atoms with Gasteiger partial charge in [-0.25, -0.2) is 0 Å². The Labute approximate surface area is 74.2 Å². The molecule has 0 aromatic heterocycles. The highest BCUT2D eigenvalue weighted by molar-refractivity contribution is 5.87. The molecule has 1 rings (SSSR count). The largest absolute Gasteiger partial charge is 0.297 e. The van der Waals surface area contributed by atoms with E-state index in [4.69, 9.17) is 0 Å². The molecule has 0 radical (unpaired) electrons. The maximum Gasteiger partial charge on any atom is 0.152 e. The molecule has 1 fully saturated rings. The van der Waals surface area contributed by atoms with Gasteiger partial charge in [-0.2, -0.15) is 0 Å². The molecule has 12 heavy (non-hydrogen) atoms. The Kier molecular flexibility index (Phi) is 3.48. The molecule has 0 aromatic rings. The summed E-state index contributed by atoms with van der Waals surface area (Å²) in [6, 6.07) is 0.696. The molecule has 0 bridgehead atoms. The van der Waals surface area contributed by atoms with Crippen LogP contribution in [0.2, 0.25) is 0 Å². The Morgan fingerprint density at radius 2 is 2.42 bits per heavy atom. The highest BCUT2D eigenvalue weighted by Gasteiger charge is 2.17. The van der Waals surface area contributed by atoms with E-state index in [1.165, 1.54) is 19.4 Å². The first-order valence-electron chi connectivity index (χ1n) is 4.61. The van der Waals surface area contributed by atoms with E-state index >= 15 is 0 Å². The van der Waals surface area contributed by atoms with E-state index in [9.17, 15) is 4.79 Å². The molecule has 1 aliphatic heterocycles. The lowest BCUT2D eigenvalue weighted by atomic mass is 10.2. The van der Waals surface area contributed by atoms with Crippen LogP contribution >= 0.6 is 0 Å². The number of hydrogen-bond donors (Lipinski definition) is 0. The van der Waals surface area contributed by atoms with Crippen molar-refractivity contribution in [2.24, 2.45) is 0 Å². The quantitative estimate of drug-likeness (QED) is 0.595. The van der Waals surface area contributed by atoms with Crippen LogP contribution in [0.15, 0.2) is 12.2 Å². The lowest BCUT2D eigenvalue weighted by Crippen LogP contribution is -2.26. The smallest absolute Gasteiger partial charge is 0.152 e. The van der Waals surface area contributed by atoms with E-state index in [2.05, 4.69) is 11.8 Å². The highest BCUT2D eigenvalue weighted by atomic mass is 16.1. The molecule has 0 saturated carbocycles. The monoisotopic (exact) mass is 167 g/mol. The molecule has 1 atom stereocenters. The van der Waals surface area contributed by atoms with E-state index in [1.807, 2.05) is 6.08 Å². The molecule has 2 nitrogen and oxygen atoms in total. The third kappa shape index (κ3) is 2.78. The molecule has 0 aliphatic carbocycles. The van der Waals surface area contributed by atoms with Gasteiger partial charge in [-0.3, -0.25) is 9.69 Å². The second kappa shape index (κ2) is 4.41. The summed E-state index contributed by atoms with van der Waals surface area (Å²) in [6.45, 7) is 5.95. The van der Waals surface area contributed by atoms with Crippen LogP contribution in [0, 0.1) is 0 Å². The molecule has 68 valence electrons. The molecule has 0 unspecified atom stereocenters. The van der Waals surface area contributed by atoms with Gasteiger partial charge in [0.1, 0.15) is 0 Å². The van der Waals surface area contributed by atoms with Gasteiger partial charge in [0.2, 0.25) is 0 Å².